The van der Waals surface area contributed by atoms with E-state index < -0.39 is 0 Å². The van der Waals surface area contributed by atoms with Crippen molar-refractivity contribution in [1.29, 1.82) is 5.26 Å². The van der Waals surface area contributed by atoms with Gasteiger partial charge >= 0.3 is 0 Å². The maximum absolute atomic E-state index is 9.09. The quantitative estimate of drug-likeness (QED) is 0.754. The van der Waals surface area contributed by atoms with Crippen LogP contribution in [0.5, 0.6) is 0 Å². The SMILES string of the molecule is Cc1c(CN2CCC(Nc3ccncc3)CC2)ccc2[nH]c(C#N)cc12. The number of piperidine rings is 1. The molecule has 1 aliphatic heterocycles. The molecule has 0 bridgehead atoms. The summed E-state index contributed by atoms with van der Waals surface area (Å²) in [5, 5.41) is 13.9. The first-order valence-corrected chi connectivity index (χ1v) is 9.13. The van der Waals surface area contributed by atoms with E-state index in [1.54, 1.807) is 0 Å². The number of nitrogens with one attached hydrogen (secondary N) is 2. The molecule has 26 heavy (non-hydrogen) atoms. The monoisotopic (exact) mass is 345 g/mol. The molecule has 0 saturated carbocycles. The molecular formula is C21H23N5. The second kappa shape index (κ2) is 7.19. The van der Waals surface area contributed by atoms with Crippen LogP contribution in [0.15, 0.2) is 42.7 Å². The van der Waals surface area contributed by atoms with Crippen molar-refractivity contribution in [1.82, 2.24) is 14.9 Å². The number of benzene rings is 1. The van der Waals surface area contributed by atoms with Crippen LogP contribution in [0, 0.1) is 18.3 Å². The number of aromatic amines is 1. The molecule has 3 heterocycles. The van der Waals surface area contributed by atoms with E-state index in [0.29, 0.717) is 11.7 Å². The van der Waals surface area contributed by atoms with E-state index in [4.69, 9.17) is 5.26 Å². The van der Waals surface area contributed by atoms with E-state index in [9.17, 15) is 0 Å². The Morgan fingerprint density at radius 1 is 1.23 bits per heavy atom. The Bertz CT molecular complexity index is 930. The normalized spacial score (nSPS) is 15.8. The van der Waals surface area contributed by atoms with Gasteiger partial charge in [0.25, 0.3) is 0 Å². The standard InChI is InChI=1S/C21H23N5/c1-15-16(2-3-21-20(15)12-19(13-22)25-21)14-26-10-6-18(7-11-26)24-17-4-8-23-9-5-17/h2-5,8-9,12,18,25H,6-7,10-11,14H2,1H3,(H,23,24). The highest BCUT2D eigenvalue weighted by Crippen LogP contribution is 2.25. The van der Waals surface area contributed by atoms with Crippen molar-refractivity contribution in [2.45, 2.75) is 32.4 Å². The molecule has 1 saturated heterocycles. The van der Waals surface area contributed by atoms with Crippen LogP contribution in [-0.2, 0) is 6.54 Å². The van der Waals surface area contributed by atoms with Crippen LogP contribution in [0.4, 0.5) is 5.69 Å². The Kier molecular flexibility index (Phi) is 4.59. The summed E-state index contributed by atoms with van der Waals surface area (Å²) in [5.41, 5.74) is 5.45. The number of hydrogen-bond donors (Lipinski definition) is 2. The highest BCUT2D eigenvalue weighted by atomic mass is 15.1. The summed E-state index contributed by atoms with van der Waals surface area (Å²) in [6.45, 7) is 5.31. The van der Waals surface area contributed by atoms with Gasteiger partial charge in [0, 0.05) is 54.7 Å². The highest BCUT2D eigenvalue weighted by molar-refractivity contribution is 5.85. The molecule has 132 valence electrons. The van der Waals surface area contributed by atoms with E-state index in [1.165, 1.54) is 11.1 Å². The average molecular weight is 345 g/mol. The number of nitrogens with zero attached hydrogens (tertiary/aromatic N) is 3. The molecule has 0 spiro atoms. The third kappa shape index (κ3) is 3.42. The predicted molar refractivity (Wildman–Crippen MR) is 104 cm³/mol. The fourth-order valence-corrected chi connectivity index (χ4v) is 3.79. The van der Waals surface area contributed by atoms with Gasteiger partial charge in [-0.05, 0) is 55.2 Å². The number of aromatic nitrogens is 2. The van der Waals surface area contributed by atoms with E-state index >= 15 is 0 Å². The largest absolute Gasteiger partial charge is 0.382 e. The van der Waals surface area contributed by atoms with Crippen molar-refractivity contribution in [3.8, 4) is 6.07 Å². The molecule has 1 aromatic carbocycles. The Balaban J connectivity index is 1.39. The fourth-order valence-electron chi connectivity index (χ4n) is 3.79. The summed E-state index contributed by atoms with van der Waals surface area (Å²) in [7, 11) is 0. The minimum Gasteiger partial charge on any atom is -0.382 e. The molecule has 2 N–H and O–H groups in total. The molecule has 2 aromatic heterocycles. The Labute approximate surface area is 153 Å². The number of rotatable bonds is 4. The maximum atomic E-state index is 9.09. The van der Waals surface area contributed by atoms with Gasteiger partial charge in [0.2, 0.25) is 0 Å². The van der Waals surface area contributed by atoms with Crippen LogP contribution in [0.25, 0.3) is 10.9 Å². The maximum Gasteiger partial charge on any atom is 0.118 e. The van der Waals surface area contributed by atoms with E-state index in [0.717, 1.165) is 49.1 Å². The zero-order chi connectivity index (χ0) is 17.9. The molecule has 4 rings (SSSR count). The molecule has 0 amide bonds. The Morgan fingerprint density at radius 2 is 2.00 bits per heavy atom. The molecular weight excluding hydrogens is 322 g/mol. The van der Waals surface area contributed by atoms with E-state index in [1.807, 2.05) is 30.6 Å². The fraction of sp³-hybridized carbons (Fsp3) is 0.333. The van der Waals surface area contributed by atoms with Crippen molar-refractivity contribution in [3.63, 3.8) is 0 Å². The lowest BCUT2D eigenvalue weighted by molar-refractivity contribution is 0.211. The first-order valence-electron chi connectivity index (χ1n) is 9.13. The Hall–Kier alpha value is -2.84. The van der Waals surface area contributed by atoms with Crippen molar-refractivity contribution >= 4 is 16.6 Å². The molecule has 5 nitrogen and oxygen atoms in total. The van der Waals surface area contributed by atoms with Crippen LogP contribution in [-0.4, -0.2) is 34.0 Å². The van der Waals surface area contributed by atoms with Gasteiger partial charge in [-0.15, -0.1) is 0 Å². The molecule has 0 unspecified atom stereocenters. The number of H-pyrrole nitrogens is 1. The second-order valence-corrected chi connectivity index (χ2v) is 7.04. The lowest BCUT2D eigenvalue weighted by Crippen LogP contribution is -2.38. The number of hydrogen-bond acceptors (Lipinski definition) is 4. The van der Waals surface area contributed by atoms with Gasteiger partial charge in [-0.3, -0.25) is 9.88 Å². The van der Waals surface area contributed by atoms with E-state index in [-0.39, 0.29) is 0 Å². The highest BCUT2D eigenvalue weighted by Gasteiger charge is 2.20. The summed E-state index contributed by atoms with van der Waals surface area (Å²) in [6, 6.07) is 13.0. The molecule has 1 aliphatic rings. The summed E-state index contributed by atoms with van der Waals surface area (Å²) in [5.74, 6) is 0. The van der Waals surface area contributed by atoms with Gasteiger partial charge in [0.1, 0.15) is 11.8 Å². The van der Waals surface area contributed by atoms with Crippen LogP contribution in [0.2, 0.25) is 0 Å². The number of likely N-dealkylation sites (tertiary alicyclic amines) is 1. The first kappa shape index (κ1) is 16.6. The third-order valence-corrected chi connectivity index (χ3v) is 5.34. The van der Waals surface area contributed by atoms with E-state index in [2.05, 4.69) is 45.3 Å². The smallest absolute Gasteiger partial charge is 0.118 e. The van der Waals surface area contributed by atoms with Crippen molar-refractivity contribution < 1.29 is 0 Å². The zero-order valence-corrected chi connectivity index (χ0v) is 15.0. The van der Waals surface area contributed by atoms with Crippen LogP contribution in [0.1, 0.15) is 29.7 Å². The van der Waals surface area contributed by atoms with Gasteiger partial charge in [0.05, 0.1) is 0 Å². The van der Waals surface area contributed by atoms with Crippen LogP contribution >= 0.6 is 0 Å². The molecule has 3 aromatic rings. The second-order valence-electron chi connectivity index (χ2n) is 7.04. The first-order chi connectivity index (χ1) is 12.7. The lowest BCUT2D eigenvalue weighted by Gasteiger charge is -2.33. The summed E-state index contributed by atoms with van der Waals surface area (Å²) < 4.78 is 0. The molecule has 0 radical (unpaired) electrons. The average Bonchev–Trinajstić information content (AvgIpc) is 3.11. The Morgan fingerprint density at radius 3 is 2.73 bits per heavy atom. The van der Waals surface area contributed by atoms with Gasteiger partial charge < -0.3 is 10.3 Å². The minimum absolute atomic E-state index is 0.528. The lowest BCUT2D eigenvalue weighted by atomic mass is 10.0. The number of nitriles is 1. The van der Waals surface area contributed by atoms with Crippen LogP contribution in [0.3, 0.4) is 0 Å². The topological polar surface area (TPSA) is 67.7 Å². The van der Waals surface area contributed by atoms with Gasteiger partial charge in [-0.25, -0.2) is 0 Å². The summed E-state index contributed by atoms with van der Waals surface area (Å²) in [6.07, 6.45) is 5.95. The number of fused-ring (bicyclic) bond motifs is 1. The minimum atomic E-state index is 0.528. The molecule has 5 heteroatoms. The van der Waals surface area contributed by atoms with Crippen molar-refractivity contribution in [2.75, 3.05) is 18.4 Å². The van der Waals surface area contributed by atoms with Crippen molar-refractivity contribution in [2.24, 2.45) is 0 Å². The number of anilines is 1. The van der Waals surface area contributed by atoms with Gasteiger partial charge in [-0.1, -0.05) is 6.07 Å². The van der Waals surface area contributed by atoms with Crippen LogP contribution < -0.4 is 5.32 Å². The zero-order valence-electron chi connectivity index (χ0n) is 15.0. The third-order valence-electron chi connectivity index (χ3n) is 5.34. The van der Waals surface area contributed by atoms with Gasteiger partial charge in [0.15, 0.2) is 0 Å². The van der Waals surface area contributed by atoms with Gasteiger partial charge in [-0.2, -0.15) is 5.26 Å². The molecule has 0 atom stereocenters. The molecule has 0 aliphatic carbocycles. The predicted octanol–water partition coefficient (Wildman–Crippen LogP) is 3.82. The number of pyridine rings is 1. The molecule has 1 fully saturated rings. The summed E-state index contributed by atoms with van der Waals surface area (Å²) >= 11 is 0. The van der Waals surface area contributed by atoms with Crippen molar-refractivity contribution in [3.05, 3.63) is 59.5 Å². The summed E-state index contributed by atoms with van der Waals surface area (Å²) in [4.78, 5) is 9.75. The number of aryl methyl sites for hydroxylation is 1.